The van der Waals surface area contributed by atoms with E-state index in [1.165, 1.54) is 12.1 Å². The maximum absolute atomic E-state index is 13.1. The summed E-state index contributed by atoms with van der Waals surface area (Å²) in [6.07, 6.45) is -0.801. The highest BCUT2D eigenvalue weighted by molar-refractivity contribution is 6.30. The van der Waals surface area contributed by atoms with Gasteiger partial charge in [-0.1, -0.05) is 54.1 Å². The fourth-order valence-electron chi connectivity index (χ4n) is 4.60. The van der Waals surface area contributed by atoms with Crippen LogP contribution in [0.1, 0.15) is 72.5 Å². The number of ketones is 2. The van der Waals surface area contributed by atoms with Crippen LogP contribution in [-0.2, 0) is 0 Å². The second-order valence-corrected chi connectivity index (χ2v) is 7.69. The van der Waals surface area contributed by atoms with E-state index in [4.69, 9.17) is 0 Å². The summed E-state index contributed by atoms with van der Waals surface area (Å²) >= 11 is 0. The average molecular weight is 386 g/mol. The van der Waals surface area contributed by atoms with Crippen molar-refractivity contribution in [3.05, 3.63) is 93.0 Å². The number of carbonyl (C=O) groups excluding carboxylic acids is 2. The van der Waals surface area contributed by atoms with Crippen molar-refractivity contribution in [2.45, 2.75) is 25.4 Å². The number of aromatic hydroxyl groups is 2. The number of aliphatic hydroxyl groups is 1. The van der Waals surface area contributed by atoms with Gasteiger partial charge in [0.25, 0.3) is 0 Å². The number of rotatable bonds is 1. The van der Waals surface area contributed by atoms with Crippen LogP contribution in [0.25, 0.3) is 0 Å². The molecule has 2 aliphatic rings. The van der Waals surface area contributed by atoms with Crippen molar-refractivity contribution in [2.75, 3.05) is 0 Å². The minimum absolute atomic E-state index is 0.132. The van der Waals surface area contributed by atoms with Crippen molar-refractivity contribution in [2.24, 2.45) is 0 Å². The van der Waals surface area contributed by atoms with E-state index in [2.05, 4.69) is 0 Å². The van der Waals surface area contributed by atoms with E-state index < -0.39 is 29.3 Å². The fourth-order valence-corrected chi connectivity index (χ4v) is 4.60. The number of aliphatic hydroxyl groups excluding tert-OH is 1. The van der Waals surface area contributed by atoms with Crippen LogP contribution in [0.2, 0.25) is 0 Å². The number of carbonyl (C=O) groups is 2. The molecule has 0 saturated heterocycles. The summed E-state index contributed by atoms with van der Waals surface area (Å²) < 4.78 is 0. The zero-order chi connectivity index (χ0) is 20.4. The monoisotopic (exact) mass is 386 g/mol. The van der Waals surface area contributed by atoms with Crippen molar-refractivity contribution < 1.29 is 24.9 Å². The lowest BCUT2D eigenvalue weighted by molar-refractivity contribution is 0.0973. The molecular weight excluding hydrogens is 368 g/mol. The molecule has 0 amide bonds. The maximum Gasteiger partial charge on any atom is 0.198 e. The summed E-state index contributed by atoms with van der Waals surface area (Å²) in [5, 5.41) is 32.7. The molecule has 0 heterocycles. The van der Waals surface area contributed by atoms with Gasteiger partial charge in [0.05, 0.1) is 17.2 Å². The van der Waals surface area contributed by atoms with E-state index in [0.717, 1.165) is 11.1 Å². The summed E-state index contributed by atoms with van der Waals surface area (Å²) in [6.45, 7) is 1.96. The van der Waals surface area contributed by atoms with Crippen molar-refractivity contribution in [3.8, 4) is 11.5 Å². The van der Waals surface area contributed by atoms with E-state index >= 15 is 0 Å². The lowest BCUT2D eigenvalue weighted by atomic mass is 9.79. The largest absolute Gasteiger partial charge is 0.507 e. The number of phenols is 2. The van der Waals surface area contributed by atoms with Gasteiger partial charge in [-0.25, -0.2) is 0 Å². The molecule has 29 heavy (non-hydrogen) atoms. The van der Waals surface area contributed by atoms with Crippen LogP contribution in [-0.4, -0.2) is 26.9 Å². The third-order valence-corrected chi connectivity index (χ3v) is 6.01. The first-order chi connectivity index (χ1) is 13.9. The Morgan fingerprint density at radius 3 is 1.86 bits per heavy atom. The predicted octanol–water partition coefficient (Wildman–Crippen LogP) is 3.75. The molecule has 3 aromatic carbocycles. The van der Waals surface area contributed by atoms with Crippen LogP contribution in [0.4, 0.5) is 0 Å². The van der Waals surface area contributed by atoms with Gasteiger partial charge in [-0.2, -0.15) is 0 Å². The molecule has 0 fully saturated rings. The molecular formula is C24H18O5. The Kier molecular flexibility index (Phi) is 3.67. The zero-order valence-electron chi connectivity index (χ0n) is 15.6. The topological polar surface area (TPSA) is 94.8 Å². The lowest BCUT2D eigenvalue weighted by Gasteiger charge is -2.23. The molecule has 5 heteroatoms. The van der Waals surface area contributed by atoms with Crippen LogP contribution in [0, 0.1) is 6.92 Å². The second kappa shape index (κ2) is 6.03. The predicted molar refractivity (Wildman–Crippen MR) is 106 cm³/mol. The van der Waals surface area contributed by atoms with E-state index in [-0.39, 0.29) is 40.0 Å². The van der Waals surface area contributed by atoms with Gasteiger partial charge in [0.1, 0.15) is 11.5 Å². The minimum Gasteiger partial charge on any atom is -0.507 e. The summed E-state index contributed by atoms with van der Waals surface area (Å²) in [5.74, 6) is -2.17. The number of benzene rings is 3. The van der Waals surface area contributed by atoms with Gasteiger partial charge in [-0.3, -0.25) is 9.59 Å². The Bertz CT molecular complexity index is 1210. The minimum atomic E-state index is -1.05. The molecule has 5 rings (SSSR count). The Morgan fingerprint density at radius 1 is 0.793 bits per heavy atom. The third kappa shape index (κ3) is 2.31. The van der Waals surface area contributed by atoms with Crippen molar-refractivity contribution in [1.29, 1.82) is 0 Å². The molecule has 0 spiro atoms. The van der Waals surface area contributed by atoms with Crippen LogP contribution in [0.5, 0.6) is 11.5 Å². The molecule has 5 nitrogen and oxygen atoms in total. The summed E-state index contributed by atoms with van der Waals surface area (Å²) in [5.41, 5.74) is 2.35. The molecule has 0 radical (unpaired) electrons. The van der Waals surface area contributed by atoms with Gasteiger partial charge in [0.15, 0.2) is 11.6 Å². The van der Waals surface area contributed by atoms with Crippen molar-refractivity contribution >= 4 is 11.6 Å². The quantitative estimate of drug-likeness (QED) is 0.433. The standard InChI is InChI=1S/C24H18O5/c1-11-6-8-12(9-7-11)15-10-16(25)18-17(15)23(28)19-20(24(18)29)22(27)14-5-3-2-4-13(14)21(19)26/h2-9,15-16,25,28-29H,10H2,1H3. The Morgan fingerprint density at radius 2 is 1.31 bits per heavy atom. The average Bonchev–Trinajstić information content (AvgIpc) is 3.07. The van der Waals surface area contributed by atoms with Gasteiger partial charge in [-0.15, -0.1) is 0 Å². The van der Waals surface area contributed by atoms with Gasteiger partial charge in [0, 0.05) is 28.2 Å². The smallest absolute Gasteiger partial charge is 0.198 e. The van der Waals surface area contributed by atoms with E-state index in [1.807, 2.05) is 31.2 Å². The zero-order valence-corrected chi connectivity index (χ0v) is 15.6. The molecule has 2 unspecified atom stereocenters. The van der Waals surface area contributed by atoms with Gasteiger partial charge in [0.2, 0.25) is 0 Å². The lowest BCUT2D eigenvalue weighted by Crippen LogP contribution is -2.22. The van der Waals surface area contributed by atoms with Crippen molar-refractivity contribution in [3.63, 3.8) is 0 Å². The van der Waals surface area contributed by atoms with Crippen LogP contribution >= 0.6 is 0 Å². The first-order valence-electron chi connectivity index (χ1n) is 9.44. The van der Waals surface area contributed by atoms with E-state index in [9.17, 15) is 24.9 Å². The number of phenolic OH excluding ortho intramolecular Hbond substituents is 2. The number of fused-ring (bicyclic) bond motifs is 3. The van der Waals surface area contributed by atoms with Crippen LogP contribution < -0.4 is 0 Å². The number of hydrogen-bond donors (Lipinski definition) is 3. The van der Waals surface area contributed by atoms with Crippen LogP contribution in [0.15, 0.2) is 48.5 Å². The Balaban J connectivity index is 1.79. The van der Waals surface area contributed by atoms with E-state index in [1.54, 1.807) is 12.1 Å². The molecule has 0 bridgehead atoms. The SMILES string of the molecule is Cc1ccc(C2CC(O)c3c(O)c4c(c(O)c32)C(=O)c2ccccc2C4=O)cc1. The van der Waals surface area contributed by atoms with Gasteiger partial charge < -0.3 is 15.3 Å². The molecule has 2 aliphatic carbocycles. The highest BCUT2D eigenvalue weighted by Gasteiger charge is 2.43. The Hall–Kier alpha value is -3.44. The van der Waals surface area contributed by atoms with Gasteiger partial charge in [-0.05, 0) is 18.9 Å². The molecule has 0 aromatic heterocycles. The first-order valence-corrected chi connectivity index (χ1v) is 9.44. The summed E-state index contributed by atoms with van der Waals surface area (Å²) in [7, 11) is 0. The second-order valence-electron chi connectivity index (χ2n) is 7.69. The van der Waals surface area contributed by atoms with Crippen molar-refractivity contribution in [1.82, 2.24) is 0 Å². The highest BCUT2D eigenvalue weighted by atomic mass is 16.3. The molecule has 2 atom stereocenters. The summed E-state index contributed by atoms with van der Waals surface area (Å²) in [4.78, 5) is 26.1. The molecule has 3 aromatic rings. The normalized spacial score (nSPS) is 19.7. The molecule has 3 N–H and O–H groups in total. The van der Waals surface area contributed by atoms with Crippen LogP contribution in [0.3, 0.4) is 0 Å². The highest BCUT2D eigenvalue weighted by Crippen LogP contribution is 2.55. The van der Waals surface area contributed by atoms with E-state index in [0.29, 0.717) is 5.56 Å². The van der Waals surface area contributed by atoms with Gasteiger partial charge >= 0.3 is 0 Å². The number of hydrogen-bond acceptors (Lipinski definition) is 5. The summed E-state index contributed by atoms with van der Waals surface area (Å²) in [6, 6.07) is 14.0. The fraction of sp³-hybridized carbons (Fsp3) is 0.167. The number of aryl methyl sites for hydroxylation is 1. The first kappa shape index (κ1) is 17.6. The maximum atomic E-state index is 13.1. The Labute approximate surface area is 166 Å². The third-order valence-electron chi connectivity index (χ3n) is 6.01. The molecule has 0 saturated carbocycles. The molecule has 0 aliphatic heterocycles. The molecule has 144 valence electrons.